The van der Waals surface area contributed by atoms with Gasteiger partial charge < -0.3 is 19.4 Å². The molecule has 1 fully saturated rings. The van der Waals surface area contributed by atoms with Crippen LogP contribution >= 0.6 is 0 Å². The molecule has 6 nitrogen and oxygen atoms in total. The van der Waals surface area contributed by atoms with Gasteiger partial charge in [-0.05, 0) is 59.1 Å². The summed E-state index contributed by atoms with van der Waals surface area (Å²) in [7, 11) is 1.80. The summed E-state index contributed by atoms with van der Waals surface area (Å²) in [6, 6.07) is 3.57. The molecule has 0 radical (unpaired) electrons. The minimum absolute atomic E-state index is 0.0129. The Morgan fingerprint density at radius 1 is 1.38 bits per heavy atom. The maximum Gasteiger partial charge on any atom is 0.407 e. The highest BCUT2D eigenvalue weighted by atomic mass is 16.6. The lowest BCUT2D eigenvalue weighted by atomic mass is 10.0. The average molecular weight is 336 g/mol. The number of rotatable bonds is 4. The summed E-state index contributed by atoms with van der Waals surface area (Å²) in [5, 5.41) is 2.87. The zero-order valence-corrected chi connectivity index (χ0v) is 15.2. The molecule has 6 heteroatoms. The number of furan rings is 1. The van der Waals surface area contributed by atoms with Crippen LogP contribution in [0.4, 0.5) is 4.79 Å². The van der Waals surface area contributed by atoms with E-state index in [-0.39, 0.29) is 23.9 Å². The Bertz CT molecular complexity index is 562. The molecule has 1 aromatic heterocycles. The van der Waals surface area contributed by atoms with Gasteiger partial charge in [0.25, 0.3) is 0 Å². The van der Waals surface area contributed by atoms with E-state index in [9.17, 15) is 9.59 Å². The van der Waals surface area contributed by atoms with Crippen molar-refractivity contribution < 1.29 is 18.7 Å². The molecule has 0 spiro atoms. The number of carbonyl (C=O) groups is 2. The Labute approximate surface area is 143 Å². The van der Waals surface area contributed by atoms with Crippen LogP contribution in [-0.4, -0.2) is 35.6 Å². The SMILES string of the molecule is C[C@H](c1ccco1)N(C)C(=O)[C@H]1CC[C@@H](NC(=O)OC(C)(C)C)C1. The third-order valence-corrected chi connectivity index (χ3v) is 4.39. The molecule has 3 atom stereocenters. The summed E-state index contributed by atoms with van der Waals surface area (Å²) in [4.78, 5) is 26.3. The largest absolute Gasteiger partial charge is 0.467 e. The predicted molar refractivity (Wildman–Crippen MR) is 90.4 cm³/mol. The van der Waals surface area contributed by atoms with Crippen molar-refractivity contribution in [3.63, 3.8) is 0 Å². The molecule has 0 aromatic carbocycles. The van der Waals surface area contributed by atoms with E-state index in [4.69, 9.17) is 9.15 Å². The molecule has 1 heterocycles. The zero-order chi connectivity index (χ0) is 17.9. The number of ether oxygens (including phenoxy) is 1. The number of carbonyl (C=O) groups excluding carboxylic acids is 2. The fourth-order valence-corrected chi connectivity index (χ4v) is 3.01. The lowest BCUT2D eigenvalue weighted by Crippen LogP contribution is -2.39. The highest BCUT2D eigenvalue weighted by Gasteiger charge is 2.34. The highest BCUT2D eigenvalue weighted by Crippen LogP contribution is 2.30. The van der Waals surface area contributed by atoms with Crippen molar-refractivity contribution in [2.45, 2.75) is 64.6 Å². The Balaban J connectivity index is 1.86. The van der Waals surface area contributed by atoms with Crippen LogP contribution in [0.5, 0.6) is 0 Å². The van der Waals surface area contributed by atoms with Crippen LogP contribution in [0, 0.1) is 5.92 Å². The molecule has 2 rings (SSSR count). The number of alkyl carbamates (subject to hydrolysis) is 1. The van der Waals surface area contributed by atoms with Gasteiger partial charge in [-0.15, -0.1) is 0 Å². The molecular weight excluding hydrogens is 308 g/mol. The second kappa shape index (κ2) is 7.28. The summed E-state index contributed by atoms with van der Waals surface area (Å²) in [5.74, 6) is 0.784. The van der Waals surface area contributed by atoms with E-state index in [2.05, 4.69) is 5.32 Å². The second-order valence-electron chi connectivity index (χ2n) is 7.49. The van der Waals surface area contributed by atoms with Crippen molar-refractivity contribution >= 4 is 12.0 Å². The minimum atomic E-state index is -0.517. The Hall–Kier alpha value is -1.98. The normalized spacial score (nSPS) is 22.0. The molecule has 2 amide bonds. The van der Waals surface area contributed by atoms with E-state index in [1.807, 2.05) is 39.8 Å². The van der Waals surface area contributed by atoms with Crippen molar-refractivity contribution in [2.75, 3.05) is 7.05 Å². The summed E-state index contributed by atoms with van der Waals surface area (Å²) >= 11 is 0. The summed E-state index contributed by atoms with van der Waals surface area (Å²) in [5.41, 5.74) is -0.517. The predicted octanol–water partition coefficient (Wildman–Crippen LogP) is 3.49. The van der Waals surface area contributed by atoms with E-state index in [0.717, 1.165) is 18.6 Å². The van der Waals surface area contributed by atoms with Crippen molar-refractivity contribution in [3.05, 3.63) is 24.2 Å². The zero-order valence-electron chi connectivity index (χ0n) is 15.2. The molecule has 0 aliphatic heterocycles. The molecule has 1 aromatic rings. The van der Waals surface area contributed by atoms with Crippen LogP contribution < -0.4 is 5.32 Å². The van der Waals surface area contributed by atoms with E-state index >= 15 is 0 Å². The standard InChI is InChI=1S/C18H28N2O4/c1-12(15-7-6-10-23-15)20(5)16(21)13-8-9-14(11-13)19-17(22)24-18(2,3)4/h6-7,10,12-14H,8-9,11H2,1-5H3,(H,19,22)/t12-,13+,14-/m1/s1. The highest BCUT2D eigenvalue weighted by molar-refractivity contribution is 5.79. The quantitative estimate of drug-likeness (QED) is 0.913. The van der Waals surface area contributed by atoms with Gasteiger partial charge in [-0.2, -0.15) is 0 Å². The number of nitrogens with zero attached hydrogens (tertiary/aromatic N) is 1. The molecule has 134 valence electrons. The van der Waals surface area contributed by atoms with Gasteiger partial charge in [-0.3, -0.25) is 4.79 Å². The summed E-state index contributed by atoms with van der Waals surface area (Å²) < 4.78 is 10.7. The topological polar surface area (TPSA) is 71.8 Å². The van der Waals surface area contributed by atoms with Gasteiger partial charge in [0.05, 0.1) is 12.3 Å². The van der Waals surface area contributed by atoms with Crippen LogP contribution in [0.3, 0.4) is 0 Å². The average Bonchev–Trinajstić information content (AvgIpc) is 3.14. The lowest BCUT2D eigenvalue weighted by Gasteiger charge is -2.26. The third kappa shape index (κ3) is 4.76. The van der Waals surface area contributed by atoms with Crippen molar-refractivity contribution in [2.24, 2.45) is 5.92 Å². The molecule has 0 saturated heterocycles. The lowest BCUT2D eigenvalue weighted by molar-refractivity contribution is -0.136. The molecule has 1 N–H and O–H groups in total. The Morgan fingerprint density at radius 3 is 2.67 bits per heavy atom. The van der Waals surface area contributed by atoms with Crippen LogP contribution in [-0.2, 0) is 9.53 Å². The van der Waals surface area contributed by atoms with Crippen LogP contribution in [0.2, 0.25) is 0 Å². The van der Waals surface area contributed by atoms with E-state index in [1.54, 1.807) is 18.2 Å². The molecule has 1 saturated carbocycles. The van der Waals surface area contributed by atoms with E-state index < -0.39 is 11.7 Å². The van der Waals surface area contributed by atoms with Crippen LogP contribution in [0.15, 0.2) is 22.8 Å². The number of amides is 2. The smallest absolute Gasteiger partial charge is 0.407 e. The molecule has 0 unspecified atom stereocenters. The molecule has 1 aliphatic rings. The van der Waals surface area contributed by atoms with Gasteiger partial charge in [0.2, 0.25) is 5.91 Å². The van der Waals surface area contributed by atoms with Crippen molar-refractivity contribution in [1.29, 1.82) is 0 Å². The summed E-state index contributed by atoms with van der Waals surface area (Å²) in [6.07, 6.45) is 3.40. The number of hydrogen-bond donors (Lipinski definition) is 1. The Morgan fingerprint density at radius 2 is 2.08 bits per heavy atom. The Kier molecular flexibility index (Phi) is 5.57. The maximum atomic E-state index is 12.7. The van der Waals surface area contributed by atoms with E-state index in [1.165, 1.54) is 0 Å². The first-order valence-electron chi connectivity index (χ1n) is 8.47. The number of hydrogen-bond acceptors (Lipinski definition) is 4. The van der Waals surface area contributed by atoms with Crippen LogP contribution in [0.1, 0.15) is 58.8 Å². The first-order chi connectivity index (χ1) is 11.2. The minimum Gasteiger partial charge on any atom is -0.467 e. The van der Waals surface area contributed by atoms with Gasteiger partial charge in [0.1, 0.15) is 11.4 Å². The fourth-order valence-electron chi connectivity index (χ4n) is 3.01. The van der Waals surface area contributed by atoms with Gasteiger partial charge in [0.15, 0.2) is 0 Å². The third-order valence-electron chi connectivity index (χ3n) is 4.39. The van der Waals surface area contributed by atoms with Crippen LogP contribution in [0.25, 0.3) is 0 Å². The molecule has 0 bridgehead atoms. The fraction of sp³-hybridized carbons (Fsp3) is 0.667. The van der Waals surface area contributed by atoms with Gasteiger partial charge in [-0.25, -0.2) is 4.79 Å². The molecule has 24 heavy (non-hydrogen) atoms. The molecular formula is C18H28N2O4. The molecule has 1 aliphatic carbocycles. The monoisotopic (exact) mass is 336 g/mol. The first kappa shape index (κ1) is 18.4. The number of nitrogens with one attached hydrogen (secondary N) is 1. The maximum absolute atomic E-state index is 12.7. The van der Waals surface area contributed by atoms with E-state index in [0.29, 0.717) is 6.42 Å². The summed E-state index contributed by atoms with van der Waals surface area (Å²) in [6.45, 7) is 7.44. The second-order valence-corrected chi connectivity index (χ2v) is 7.49. The van der Waals surface area contributed by atoms with Gasteiger partial charge >= 0.3 is 6.09 Å². The van der Waals surface area contributed by atoms with Gasteiger partial charge in [0, 0.05) is 19.0 Å². The van der Waals surface area contributed by atoms with Gasteiger partial charge in [-0.1, -0.05) is 0 Å². The first-order valence-corrected chi connectivity index (χ1v) is 8.47. The van der Waals surface area contributed by atoms with Crippen molar-refractivity contribution in [3.8, 4) is 0 Å². The van der Waals surface area contributed by atoms with Crippen molar-refractivity contribution in [1.82, 2.24) is 10.2 Å².